The summed E-state index contributed by atoms with van der Waals surface area (Å²) in [5, 5.41) is 0. The molecule has 118 valence electrons. The standard InChI is InChI=1S/C16H24FNO3/c1-13(2,3)21-12(20)16-8-6-7-14(4)9-10(19)11(17)15(16,5)18(14)16/h11H,6-9H2,1-5H3/t11-,14-,15-,16?,18?/m0/s1. The van der Waals surface area contributed by atoms with Crippen molar-refractivity contribution < 1.29 is 18.7 Å². The SMILES string of the molecule is CC(C)(C)OC(=O)C12CCC[C@@]3(C)CC(=O)[C@H](F)[C@]1(C)N23. The monoisotopic (exact) mass is 297 g/mol. The minimum absolute atomic E-state index is 0.189. The second kappa shape index (κ2) is 3.86. The van der Waals surface area contributed by atoms with E-state index in [0.717, 1.165) is 12.8 Å². The van der Waals surface area contributed by atoms with Crippen molar-refractivity contribution >= 4 is 11.8 Å². The molecular formula is C16H24FNO3. The van der Waals surface area contributed by atoms with Crippen molar-refractivity contribution in [2.45, 2.75) is 88.7 Å². The van der Waals surface area contributed by atoms with Gasteiger partial charge in [-0.25, -0.2) is 9.18 Å². The third-order valence-corrected chi connectivity index (χ3v) is 5.50. The number of fused-ring (bicyclic) bond motifs is 1. The number of carbonyl (C=O) groups is 2. The summed E-state index contributed by atoms with van der Waals surface area (Å²) in [5.41, 5.74) is -3.02. The topological polar surface area (TPSA) is 46.4 Å². The number of piperidine rings is 2. The summed E-state index contributed by atoms with van der Waals surface area (Å²) in [6.07, 6.45) is 0.805. The lowest BCUT2D eigenvalue weighted by atomic mass is 9.83. The van der Waals surface area contributed by atoms with E-state index in [1.165, 1.54) is 0 Å². The molecule has 0 bridgehead atoms. The van der Waals surface area contributed by atoms with E-state index < -0.39 is 28.4 Å². The van der Waals surface area contributed by atoms with Gasteiger partial charge in [-0.15, -0.1) is 0 Å². The number of carbonyl (C=O) groups excluding carboxylic acids is 2. The summed E-state index contributed by atoms with van der Waals surface area (Å²) in [7, 11) is 0. The van der Waals surface area contributed by atoms with E-state index in [9.17, 15) is 14.0 Å². The largest absolute Gasteiger partial charge is 0.459 e. The van der Waals surface area contributed by atoms with Gasteiger partial charge < -0.3 is 4.74 Å². The van der Waals surface area contributed by atoms with Gasteiger partial charge in [0.05, 0.1) is 5.54 Å². The molecule has 0 spiro atoms. The summed E-state index contributed by atoms with van der Waals surface area (Å²) in [4.78, 5) is 26.8. The molecule has 5 heteroatoms. The van der Waals surface area contributed by atoms with Crippen molar-refractivity contribution in [3.05, 3.63) is 0 Å². The maximum absolute atomic E-state index is 14.6. The Hall–Kier alpha value is -0.970. The molecule has 0 amide bonds. The second-order valence-corrected chi connectivity index (χ2v) is 8.20. The lowest BCUT2D eigenvalue weighted by molar-refractivity contribution is -0.162. The maximum atomic E-state index is 14.6. The molecule has 21 heavy (non-hydrogen) atoms. The highest BCUT2D eigenvalue weighted by Gasteiger charge is 2.87. The van der Waals surface area contributed by atoms with Crippen molar-refractivity contribution in [3.8, 4) is 0 Å². The Bertz CT molecular complexity index is 528. The number of Topliss-reactive ketones (excluding diaryl/α,β-unsaturated/α-hetero) is 1. The lowest BCUT2D eigenvalue weighted by Crippen LogP contribution is -2.52. The van der Waals surface area contributed by atoms with E-state index in [1.807, 2.05) is 32.6 Å². The summed E-state index contributed by atoms with van der Waals surface area (Å²) < 4.78 is 20.2. The van der Waals surface area contributed by atoms with Crippen molar-refractivity contribution in [2.75, 3.05) is 0 Å². The smallest absolute Gasteiger partial charge is 0.329 e. The van der Waals surface area contributed by atoms with Crippen molar-refractivity contribution in [1.29, 1.82) is 0 Å². The number of rotatable bonds is 1. The lowest BCUT2D eigenvalue weighted by Gasteiger charge is -2.40. The number of ether oxygens (including phenoxy) is 1. The van der Waals surface area contributed by atoms with Crippen LogP contribution in [-0.4, -0.2) is 45.0 Å². The molecule has 0 aromatic rings. The number of hydrogen-bond acceptors (Lipinski definition) is 4. The Morgan fingerprint density at radius 2 is 1.95 bits per heavy atom. The van der Waals surface area contributed by atoms with E-state index in [-0.39, 0.29) is 18.2 Å². The summed E-state index contributed by atoms with van der Waals surface area (Å²) in [6.45, 7) is 9.12. The van der Waals surface area contributed by atoms with Gasteiger partial charge in [-0.3, -0.25) is 9.69 Å². The Morgan fingerprint density at radius 1 is 1.33 bits per heavy atom. The molecule has 0 N–H and O–H groups in total. The molecule has 0 saturated carbocycles. The van der Waals surface area contributed by atoms with Crippen LogP contribution in [0.3, 0.4) is 0 Å². The highest BCUT2D eigenvalue weighted by atomic mass is 19.1. The molecule has 5 atom stereocenters. The molecule has 0 aromatic carbocycles. The molecular weight excluding hydrogens is 273 g/mol. The zero-order valence-electron chi connectivity index (χ0n) is 13.5. The number of hydrogen-bond donors (Lipinski definition) is 0. The van der Waals surface area contributed by atoms with Crippen molar-refractivity contribution in [3.63, 3.8) is 0 Å². The van der Waals surface area contributed by atoms with Crippen LogP contribution in [0.1, 0.15) is 60.3 Å². The van der Waals surface area contributed by atoms with Crippen LogP contribution in [0.2, 0.25) is 0 Å². The van der Waals surface area contributed by atoms with Gasteiger partial charge in [-0.1, -0.05) is 0 Å². The van der Waals surface area contributed by atoms with Gasteiger partial charge in [0, 0.05) is 12.0 Å². The quantitative estimate of drug-likeness (QED) is 0.551. The van der Waals surface area contributed by atoms with Gasteiger partial charge in [0.25, 0.3) is 0 Å². The number of halogens is 1. The van der Waals surface area contributed by atoms with Gasteiger partial charge in [0.2, 0.25) is 0 Å². The van der Waals surface area contributed by atoms with Gasteiger partial charge >= 0.3 is 5.97 Å². The van der Waals surface area contributed by atoms with Crippen molar-refractivity contribution in [1.82, 2.24) is 4.90 Å². The van der Waals surface area contributed by atoms with Gasteiger partial charge in [0.1, 0.15) is 11.1 Å². The first-order chi connectivity index (χ1) is 9.49. The minimum atomic E-state index is -1.60. The van der Waals surface area contributed by atoms with E-state index in [1.54, 1.807) is 6.92 Å². The number of alkyl halides is 1. The van der Waals surface area contributed by atoms with E-state index in [2.05, 4.69) is 0 Å². The van der Waals surface area contributed by atoms with E-state index in [4.69, 9.17) is 4.74 Å². The molecule has 0 aromatic heterocycles. The molecule has 3 rings (SSSR count). The molecule has 3 heterocycles. The number of esters is 1. The second-order valence-electron chi connectivity index (χ2n) is 8.20. The van der Waals surface area contributed by atoms with Crippen LogP contribution >= 0.6 is 0 Å². The summed E-state index contributed by atoms with van der Waals surface area (Å²) in [5.74, 6) is -0.746. The van der Waals surface area contributed by atoms with Crippen LogP contribution in [0.15, 0.2) is 0 Å². The zero-order chi connectivity index (χ0) is 15.8. The molecule has 3 fully saturated rings. The van der Waals surface area contributed by atoms with E-state index >= 15 is 0 Å². The first-order valence-corrected chi connectivity index (χ1v) is 7.70. The number of ketones is 1. The molecule has 3 aliphatic rings. The average Bonchev–Trinajstić information content (AvgIpc) is 2.90. The fraction of sp³-hybridized carbons (Fsp3) is 0.875. The molecule has 2 unspecified atom stereocenters. The first kappa shape index (κ1) is 14.9. The van der Waals surface area contributed by atoms with Crippen LogP contribution in [0.4, 0.5) is 4.39 Å². The first-order valence-electron chi connectivity index (χ1n) is 7.70. The Kier molecular flexibility index (Phi) is 2.75. The number of nitrogens with zero attached hydrogens (tertiary/aromatic N) is 1. The summed E-state index contributed by atoms with van der Waals surface area (Å²) in [6, 6.07) is 0. The van der Waals surface area contributed by atoms with Crippen LogP contribution < -0.4 is 0 Å². The van der Waals surface area contributed by atoms with Crippen LogP contribution in [0.25, 0.3) is 0 Å². The fourth-order valence-corrected chi connectivity index (χ4v) is 4.80. The predicted molar refractivity (Wildman–Crippen MR) is 75.6 cm³/mol. The Labute approximate surface area is 125 Å². The summed E-state index contributed by atoms with van der Waals surface area (Å²) >= 11 is 0. The highest BCUT2D eigenvalue weighted by molar-refractivity contribution is 5.97. The van der Waals surface area contributed by atoms with Crippen LogP contribution in [0, 0.1) is 0 Å². The average molecular weight is 297 g/mol. The Morgan fingerprint density at radius 3 is 2.52 bits per heavy atom. The minimum Gasteiger partial charge on any atom is -0.459 e. The van der Waals surface area contributed by atoms with E-state index in [0.29, 0.717) is 6.42 Å². The van der Waals surface area contributed by atoms with Gasteiger partial charge in [-0.05, 0) is 53.9 Å². The Balaban J connectivity index is 2.03. The third-order valence-electron chi connectivity index (χ3n) is 5.50. The van der Waals surface area contributed by atoms with Crippen LogP contribution in [-0.2, 0) is 14.3 Å². The molecule has 3 saturated heterocycles. The van der Waals surface area contributed by atoms with Gasteiger partial charge in [0.15, 0.2) is 12.0 Å². The molecule has 4 nitrogen and oxygen atoms in total. The molecule has 3 aliphatic heterocycles. The maximum Gasteiger partial charge on any atom is 0.329 e. The predicted octanol–water partition coefficient (Wildman–Crippen LogP) is 2.39. The van der Waals surface area contributed by atoms with Crippen LogP contribution in [0.5, 0.6) is 0 Å². The molecule has 0 radical (unpaired) electrons. The zero-order valence-corrected chi connectivity index (χ0v) is 13.5. The third kappa shape index (κ3) is 1.64. The normalized spacial score (nSPS) is 48.6. The fourth-order valence-electron chi connectivity index (χ4n) is 4.80. The molecule has 0 aliphatic carbocycles. The van der Waals surface area contributed by atoms with Crippen molar-refractivity contribution in [2.24, 2.45) is 0 Å². The van der Waals surface area contributed by atoms with Gasteiger partial charge in [-0.2, -0.15) is 0 Å². The highest BCUT2D eigenvalue weighted by Crippen LogP contribution is 2.68.